The van der Waals surface area contributed by atoms with Crippen molar-refractivity contribution >= 4 is 34.2 Å². The lowest BCUT2D eigenvalue weighted by Crippen LogP contribution is -2.29. The molecule has 1 aromatic heterocycles. The van der Waals surface area contributed by atoms with Crippen molar-refractivity contribution in [2.24, 2.45) is 0 Å². The van der Waals surface area contributed by atoms with Crippen molar-refractivity contribution in [2.75, 3.05) is 17.7 Å². The van der Waals surface area contributed by atoms with E-state index in [0.29, 0.717) is 12.4 Å². The van der Waals surface area contributed by atoms with Crippen molar-refractivity contribution < 1.29 is 4.79 Å². The van der Waals surface area contributed by atoms with Crippen molar-refractivity contribution in [1.82, 2.24) is 10.3 Å². The first kappa shape index (κ1) is 12.8. The fourth-order valence-corrected chi connectivity index (χ4v) is 1.92. The van der Waals surface area contributed by atoms with E-state index in [0.717, 1.165) is 29.4 Å². The number of benzene rings is 1. The summed E-state index contributed by atoms with van der Waals surface area (Å²) in [7, 11) is 0. The second-order valence-electron chi connectivity index (χ2n) is 4.06. The van der Waals surface area contributed by atoms with E-state index in [9.17, 15) is 4.79 Å². The minimum Gasteiger partial charge on any atom is -0.361 e. The van der Waals surface area contributed by atoms with E-state index in [2.05, 4.69) is 15.6 Å². The van der Waals surface area contributed by atoms with Crippen molar-refractivity contribution in [2.45, 2.75) is 12.8 Å². The lowest BCUT2D eigenvalue weighted by molar-refractivity contribution is 0.252. The second kappa shape index (κ2) is 6.31. The zero-order chi connectivity index (χ0) is 12.8. The van der Waals surface area contributed by atoms with E-state index in [1.54, 1.807) is 0 Å². The Balaban J connectivity index is 1.86. The molecule has 0 saturated heterocycles. The number of fused-ring (bicyclic) bond motifs is 1. The zero-order valence-corrected chi connectivity index (χ0v) is 10.8. The first-order valence-electron chi connectivity index (χ1n) is 5.97. The molecule has 5 heteroatoms. The number of rotatable bonds is 5. The van der Waals surface area contributed by atoms with Crippen molar-refractivity contribution in [3.8, 4) is 0 Å². The number of anilines is 1. The summed E-state index contributed by atoms with van der Waals surface area (Å²) in [6.45, 7) is 0.644. The third-order valence-electron chi connectivity index (χ3n) is 2.66. The molecule has 0 radical (unpaired) electrons. The summed E-state index contributed by atoms with van der Waals surface area (Å²) in [5.41, 5.74) is 1.85. The number of alkyl halides is 1. The molecular weight excluding hydrogens is 250 g/mol. The van der Waals surface area contributed by atoms with Crippen molar-refractivity contribution in [3.05, 3.63) is 30.5 Å². The second-order valence-corrected chi connectivity index (χ2v) is 4.43. The number of carbonyl (C=O) groups excluding carboxylic acids is 1. The van der Waals surface area contributed by atoms with E-state index in [1.807, 2.05) is 30.5 Å². The fourth-order valence-electron chi connectivity index (χ4n) is 1.73. The summed E-state index contributed by atoms with van der Waals surface area (Å²) in [6, 6.07) is 7.54. The lowest BCUT2D eigenvalue weighted by Gasteiger charge is -2.07. The topological polar surface area (TPSA) is 56.9 Å². The third-order valence-corrected chi connectivity index (χ3v) is 2.92. The maximum atomic E-state index is 11.6. The predicted octanol–water partition coefficient (Wildman–Crippen LogP) is 3.31. The monoisotopic (exact) mass is 265 g/mol. The molecule has 0 unspecified atom stereocenters. The van der Waals surface area contributed by atoms with E-state index < -0.39 is 0 Å². The molecule has 0 saturated carbocycles. The molecular formula is C13H16ClN3O. The van der Waals surface area contributed by atoms with Gasteiger partial charge in [0.05, 0.1) is 0 Å². The minimum atomic E-state index is -0.181. The van der Waals surface area contributed by atoms with E-state index in [-0.39, 0.29) is 6.03 Å². The Morgan fingerprint density at radius 3 is 3.00 bits per heavy atom. The summed E-state index contributed by atoms with van der Waals surface area (Å²) in [4.78, 5) is 14.7. The number of amides is 2. The average Bonchev–Trinajstić information content (AvgIpc) is 2.82. The summed E-state index contributed by atoms with van der Waals surface area (Å²) < 4.78 is 0. The van der Waals surface area contributed by atoms with Crippen LogP contribution in [0, 0.1) is 0 Å². The van der Waals surface area contributed by atoms with Crippen LogP contribution in [0.1, 0.15) is 12.8 Å². The maximum Gasteiger partial charge on any atom is 0.319 e. The highest BCUT2D eigenvalue weighted by molar-refractivity contribution is 6.17. The van der Waals surface area contributed by atoms with Crippen LogP contribution in [0.25, 0.3) is 10.9 Å². The highest BCUT2D eigenvalue weighted by atomic mass is 35.5. The number of hydrogen-bond acceptors (Lipinski definition) is 1. The van der Waals surface area contributed by atoms with Gasteiger partial charge in [0.2, 0.25) is 0 Å². The number of urea groups is 1. The van der Waals surface area contributed by atoms with Gasteiger partial charge in [-0.25, -0.2) is 4.79 Å². The van der Waals surface area contributed by atoms with Crippen LogP contribution in [0.2, 0.25) is 0 Å². The number of aromatic amines is 1. The molecule has 0 aliphatic rings. The van der Waals surface area contributed by atoms with Crippen LogP contribution in [-0.4, -0.2) is 23.4 Å². The number of halogens is 1. The molecule has 1 heterocycles. The predicted molar refractivity (Wildman–Crippen MR) is 75.3 cm³/mol. The van der Waals surface area contributed by atoms with E-state index >= 15 is 0 Å². The SMILES string of the molecule is O=C(NCCCCCl)Nc1ccc2[nH]ccc2c1. The number of hydrogen-bond donors (Lipinski definition) is 3. The summed E-state index contributed by atoms with van der Waals surface area (Å²) in [5, 5.41) is 6.67. The van der Waals surface area contributed by atoms with Gasteiger partial charge in [0.15, 0.2) is 0 Å². The molecule has 0 bridgehead atoms. The van der Waals surface area contributed by atoms with E-state index in [4.69, 9.17) is 11.6 Å². The summed E-state index contributed by atoms with van der Waals surface area (Å²) in [5.74, 6) is 0.632. The zero-order valence-electron chi connectivity index (χ0n) is 10.0. The largest absolute Gasteiger partial charge is 0.361 e. The molecule has 0 spiro atoms. The van der Waals surface area contributed by atoms with Crippen LogP contribution >= 0.6 is 11.6 Å². The van der Waals surface area contributed by atoms with Crippen LogP contribution in [0.4, 0.5) is 10.5 Å². The molecule has 96 valence electrons. The van der Waals surface area contributed by atoms with Crippen molar-refractivity contribution in [3.63, 3.8) is 0 Å². The molecule has 1 aromatic carbocycles. The lowest BCUT2D eigenvalue weighted by atomic mass is 10.2. The summed E-state index contributed by atoms with van der Waals surface area (Å²) in [6.07, 6.45) is 3.69. The third kappa shape index (κ3) is 3.40. The molecule has 0 atom stereocenters. The number of carbonyl (C=O) groups is 1. The van der Waals surface area contributed by atoms with Gasteiger partial charge in [-0.15, -0.1) is 11.6 Å². The Morgan fingerprint density at radius 1 is 1.28 bits per heavy atom. The Bertz CT molecular complexity index is 524. The van der Waals surface area contributed by atoms with Crippen LogP contribution in [0.5, 0.6) is 0 Å². The number of nitrogens with one attached hydrogen (secondary N) is 3. The molecule has 4 nitrogen and oxygen atoms in total. The molecule has 3 N–H and O–H groups in total. The molecule has 0 aliphatic heterocycles. The Morgan fingerprint density at radius 2 is 2.17 bits per heavy atom. The number of aromatic nitrogens is 1. The highest BCUT2D eigenvalue weighted by Crippen LogP contribution is 2.17. The van der Waals surface area contributed by atoms with Gasteiger partial charge in [-0.05, 0) is 37.1 Å². The average molecular weight is 266 g/mol. The molecule has 2 aromatic rings. The van der Waals surface area contributed by atoms with Crippen LogP contribution in [-0.2, 0) is 0 Å². The van der Waals surface area contributed by atoms with Crippen LogP contribution < -0.4 is 10.6 Å². The molecule has 0 aliphatic carbocycles. The molecule has 2 amide bonds. The molecule has 18 heavy (non-hydrogen) atoms. The van der Waals surface area contributed by atoms with Gasteiger partial charge in [0.1, 0.15) is 0 Å². The number of unbranched alkanes of at least 4 members (excludes halogenated alkanes) is 1. The van der Waals surface area contributed by atoms with Gasteiger partial charge in [0, 0.05) is 35.2 Å². The normalized spacial score (nSPS) is 10.5. The molecule has 0 fully saturated rings. The highest BCUT2D eigenvalue weighted by Gasteiger charge is 2.02. The van der Waals surface area contributed by atoms with Gasteiger partial charge >= 0.3 is 6.03 Å². The first-order chi connectivity index (χ1) is 8.79. The van der Waals surface area contributed by atoms with Gasteiger partial charge < -0.3 is 15.6 Å². The van der Waals surface area contributed by atoms with Crippen LogP contribution in [0.3, 0.4) is 0 Å². The Hall–Kier alpha value is -1.68. The van der Waals surface area contributed by atoms with Gasteiger partial charge in [-0.2, -0.15) is 0 Å². The smallest absolute Gasteiger partial charge is 0.319 e. The van der Waals surface area contributed by atoms with Crippen LogP contribution in [0.15, 0.2) is 30.5 Å². The summed E-state index contributed by atoms with van der Waals surface area (Å²) >= 11 is 5.56. The van der Waals surface area contributed by atoms with E-state index in [1.165, 1.54) is 0 Å². The van der Waals surface area contributed by atoms with Gasteiger partial charge in [-0.3, -0.25) is 0 Å². The molecule has 2 rings (SSSR count). The Kier molecular flexibility index (Phi) is 4.47. The number of H-pyrrole nitrogens is 1. The Labute approximate surface area is 111 Å². The maximum absolute atomic E-state index is 11.6. The standard InChI is InChI=1S/C13H16ClN3O/c14-6-1-2-7-16-13(18)17-11-3-4-12-10(9-11)5-8-15-12/h3-5,8-9,15H,1-2,6-7H2,(H2,16,17,18). The quantitative estimate of drug-likeness (QED) is 0.564. The first-order valence-corrected chi connectivity index (χ1v) is 6.51. The minimum absolute atomic E-state index is 0.181. The fraction of sp³-hybridized carbons (Fsp3) is 0.308. The van der Waals surface area contributed by atoms with Gasteiger partial charge in [0.25, 0.3) is 0 Å². The van der Waals surface area contributed by atoms with Crippen molar-refractivity contribution in [1.29, 1.82) is 0 Å². The van der Waals surface area contributed by atoms with Gasteiger partial charge in [-0.1, -0.05) is 0 Å².